The van der Waals surface area contributed by atoms with Crippen LogP contribution in [0.2, 0.25) is 0 Å². The molecule has 2 aromatic rings. The van der Waals surface area contributed by atoms with E-state index in [4.69, 9.17) is 4.74 Å². The number of halogens is 1. The summed E-state index contributed by atoms with van der Waals surface area (Å²) in [5.41, 5.74) is 1.03. The molecule has 0 aromatic heterocycles. The molecule has 0 aliphatic carbocycles. The van der Waals surface area contributed by atoms with Crippen molar-refractivity contribution in [3.8, 4) is 0 Å². The number of hydrogen-bond donors (Lipinski definition) is 2. The van der Waals surface area contributed by atoms with Gasteiger partial charge >= 0.3 is 0 Å². The highest BCUT2D eigenvalue weighted by Gasteiger charge is 2.24. The summed E-state index contributed by atoms with van der Waals surface area (Å²) < 4.78 is 20.4. The van der Waals surface area contributed by atoms with Gasteiger partial charge in [-0.2, -0.15) is 0 Å². The number of carbonyl (C=O) groups excluding carboxylic acids is 1. The Morgan fingerprint density at radius 1 is 1.21 bits per heavy atom. The molecule has 1 heterocycles. The van der Waals surface area contributed by atoms with Crippen molar-refractivity contribution in [2.45, 2.75) is 26.1 Å². The molecule has 3 rings (SSSR count). The van der Waals surface area contributed by atoms with Crippen molar-refractivity contribution >= 4 is 28.7 Å². The number of non-ortho nitro benzene ring substituents is 1. The van der Waals surface area contributed by atoms with Crippen LogP contribution in [-0.2, 0) is 4.74 Å². The molecule has 154 valence electrons. The maximum absolute atomic E-state index is 14.7. The summed E-state index contributed by atoms with van der Waals surface area (Å²) in [6.45, 7) is 5.03. The smallest absolute Gasteiger partial charge is 0.270 e. The summed E-state index contributed by atoms with van der Waals surface area (Å²) in [4.78, 5) is 25.0. The van der Waals surface area contributed by atoms with Gasteiger partial charge in [-0.05, 0) is 38.1 Å². The van der Waals surface area contributed by atoms with E-state index in [1.807, 2.05) is 18.7 Å². The number of carbonyl (C=O) groups is 1. The summed E-state index contributed by atoms with van der Waals surface area (Å²) in [5, 5.41) is 16.4. The molecule has 1 fully saturated rings. The Bertz CT molecular complexity index is 927. The number of morpholine rings is 1. The van der Waals surface area contributed by atoms with Gasteiger partial charge < -0.3 is 20.3 Å². The van der Waals surface area contributed by atoms with Crippen molar-refractivity contribution in [3.05, 3.63) is 57.9 Å². The Kier molecular flexibility index (Phi) is 5.97. The van der Waals surface area contributed by atoms with Gasteiger partial charge in [-0.3, -0.25) is 14.9 Å². The molecule has 9 heteroatoms. The van der Waals surface area contributed by atoms with E-state index in [0.29, 0.717) is 24.5 Å². The van der Waals surface area contributed by atoms with Gasteiger partial charge in [0.25, 0.3) is 11.6 Å². The number of benzene rings is 2. The van der Waals surface area contributed by atoms with E-state index in [-0.39, 0.29) is 29.1 Å². The number of anilines is 3. The second kappa shape index (κ2) is 8.44. The highest BCUT2D eigenvalue weighted by atomic mass is 19.1. The Balaban J connectivity index is 1.81. The van der Waals surface area contributed by atoms with Gasteiger partial charge in [0.15, 0.2) is 0 Å². The number of hydrogen-bond acceptors (Lipinski definition) is 6. The lowest BCUT2D eigenvalue weighted by atomic mass is 10.1. The van der Waals surface area contributed by atoms with Crippen LogP contribution in [0.5, 0.6) is 0 Å². The van der Waals surface area contributed by atoms with Gasteiger partial charge in [0.2, 0.25) is 0 Å². The fourth-order valence-electron chi connectivity index (χ4n) is 3.47. The number of nitro benzene ring substituents is 1. The predicted octanol–water partition coefficient (Wildman–Crippen LogP) is 3.64. The van der Waals surface area contributed by atoms with E-state index >= 15 is 0 Å². The summed E-state index contributed by atoms with van der Waals surface area (Å²) >= 11 is 0. The third kappa shape index (κ3) is 4.62. The first-order valence-corrected chi connectivity index (χ1v) is 9.26. The van der Waals surface area contributed by atoms with E-state index in [2.05, 4.69) is 10.6 Å². The fourth-order valence-corrected chi connectivity index (χ4v) is 3.47. The topological polar surface area (TPSA) is 96.7 Å². The highest BCUT2D eigenvalue weighted by molar-refractivity contribution is 6.08. The Labute approximate surface area is 167 Å². The molecule has 0 spiro atoms. The van der Waals surface area contributed by atoms with Gasteiger partial charge in [0, 0.05) is 43.6 Å². The van der Waals surface area contributed by atoms with Crippen LogP contribution in [0.1, 0.15) is 24.2 Å². The molecule has 1 aliphatic rings. The van der Waals surface area contributed by atoms with E-state index in [0.717, 1.165) is 0 Å². The minimum absolute atomic E-state index is 0.00799. The fraction of sp³-hybridized carbons (Fsp3) is 0.350. The third-order valence-electron chi connectivity index (χ3n) is 4.69. The first-order chi connectivity index (χ1) is 13.8. The first kappa shape index (κ1) is 20.5. The molecule has 1 saturated heterocycles. The molecule has 29 heavy (non-hydrogen) atoms. The maximum Gasteiger partial charge on any atom is 0.270 e. The molecule has 1 amide bonds. The summed E-state index contributed by atoms with van der Waals surface area (Å²) in [5.74, 6) is -1.03. The normalized spacial score (nSPS) is 19.0. The van der Waals surface area contributed by atoms with Crippen LogP contribution in [0.15, 0.2) is 36.4 Å². The summed E-state index contributed by atoms with van der Waals surface area (Å²) in [7, 11) is 1.61. The van der Waals surface area contributed by atoms with Crippen molar-refractivity contribution in [1.82, 2.24) is 0 Å². The molecular weight excluding hydrogens is 379 g/mol. The Morgan fingerprint density at radius 3 is 2.48 bits per heavy atom. The van der Waals surface area contributed by atoms with Crippen molar-refractivity contribution < 1.29 is 18.8 Å². The second-order valence-corrected chi connectivity index (χ2v) is 7.02. The van der Waals surface area contributed by atoms with Gasteiger partial charge in [-0.25, -0.2) is 4.39 Å². The summed E-state index contributed by atoms with van der Waals surface area (Å²) in [6, 6.07) is 8.41. The molecule has 0 radical (unpaired) electrons. The molecule has 0 saturated carbocycles. The second-order valence-electron chi connectivity index (χ2n) is 7.02. The van der Waals surface area contributed by atoms with Crippen LogP contribution in [0.4, 0.5) is 27.1 Å². The number of rotatable bonds is 5. The number of nitro groups is 1. The molecular formula is C20H23FN4O4. The average molecular weight is 402 g/mol. The van der Waals surface area contributed by atoms with Gasteiger partial charge in [-0.15, -0.1) is 0 Å². The Hall–Kier alpha value is -3.20. The standard InChI is InChI=1S/C20H23FN4O4/c1-12-10-24(11-13(2)29-12)19-7-4-14(8-17(19)21)23-20(26)16-9-15(25(27)28)5-6-18(16)22-3/h4-9,12-13,22H,10-11H2,1-3H3,(H,23,26). The monoisotopic (exact) mass is 402 g/mol. The lowest BCUT2D eigenvalue weighted by Crippen LogP contribution is -2.45. The number of nitrogens with one attached hydrogen (secondary N) is 2. The highest BCUT2D eigenvalue weighted by Crippen LogP contribution is 2.27. The minimum Gasteiger partial charge on any atom is -0.387 e. The summed E-state index contributed by atoms with van der Waals surface area (Å²) in [6.07, 6.45) is -0.0160. The zero-order valence-corrected chi connectivity index (χ0v) is 16.4. The molecule has 1 aliphatic heterocycles. The van der Waals surface area contributed by atoms with Gasteiger partial charge in [0.05, 0.1) is 28.4 Å². The van der Waals surface area contributed by atoms with Crippen LogP contribution in [-0.4, -0.2) is 43.2 Å². The van der Waals surface area contributed by atoms with Crippen LogP contribution >= 0.6 is 0 Å². The van der Waals surface area contributed by atoms with E-state index in [9.17, 15) is 19.3 Å². The lowest BCUT2D eigenvalue weighted by molar-refractivity contribution is -0.384. The van der Waals surface area contributed by atoms with E-state index < -0.39 is 16.6 Å². The average Bonchev–Trinajstić information content (AvgIpc) is 2.66. The van der Waals surface area contributed by atoms with Crippen molar-refractivity contribution in [2.75, 3.05) is 35.7 Å². The van der Waals surface area contributed by atoms with Gasteiger partial charge in [0.1, 0.15) is 5.82 Å². The van der Waals surface area contributed by atoms with Crippen LogP contribution in [0.25, 0.3) is 0 Å². The van der Waals surface area contributed by atoms with Crippen molar-refractivity contribution in [1.29, 1.82) is 0 Å². The number of nitrogens with zero attached hydrogens (tertiary/aromatic N) is 2. The van der Waals surface area contributed by atoms with E-state index in [1.54, 1.807) is 19.2 Å². The maximum atomic E-state index is 14.7. The Morgan fingerprint density at radius 2 is 1.90 bits per heavy atom. The van der Waals surface area contributed by atoms with Crippen LogP contribution < -0.4 is 15.5 Å². The van der Waals surface area contributed by atoms with Crippen LogP contribution in [0.3, 0.4) is 0 Å². The van der Waals surface area contributed by atoms with Gasteiger partial charge in [-0.1, -0.05) is 0 Å². The molecule has 8 nitrogen and oxygen atoms in total. The van der Waals surface area contributed by atoms with E-state index in [1.165, 1.54) is 24.3 Å². The zero-order valence-electron chi connectivity index (χ0n) is 16.4. The molecule has 0 bridgehead atoms. The molecule has 2 aromatic carbocycles. The SMILES string of the molecule is CNc1ccc([N+](=O)[O-])cc1C(=O)Nc1ccc(N2CC(C)OC(C)C2)c(F)c1. The number of amides is 1. The quantitative estimate of drug-likeness (QED) is 0.585. The molecule has 2 atom stereocenters. The lowest BCUT2D eigenvalue weighted by Gasteiger charge is -2.37. The zero-order chi connectivity index (χ0) is 21.1. The number of ether oxygens (including phenoxy) is 1. The van der Waals surface area contributed by atoms with Crippen LogP contribution in [0, 0.1) is 15.9 Å². The third-order valence-corrected chi connectivity index (χ3v) is 4.69. The largest absolute Gasteiger partial charge is 0.387 e. The molecule has 2 N–H and O–H groups in total. The molecule has 2 unspecified atom stereocenters. The first-order valence-electron chi connectivity index (χ1n) is 9.26. The van der Waals surface area contributed by atoms with Crippen molar-refractivity contribution in [3.63, 3.8) is 0 Å². The predicted molar refractivity (Wildman–Crippen MR) is 109 cm³/mol. The van der Waals surface area contributed by atoms with Crippen molar-refractivity contribution in [2.24, 2.45) is 0 Å². The minimum atomic E-state index is -0.574.